The number of guanidine groups is 1. The van der Waals surface area contributed by atoms with Gasteiger partial charge in [-0.1, -0.05) is 26.0 Å². The fourth-order valence-corrected chi connectivity index (χ4v) is 3.70. The molecular formula is C34H48N8O4. The number of nitrogens with two attached hydrogens (primary N) is 1. The standard InChI is InChI=1S/C34H48N8O4/c1-6-25(3)32(40-31-14-11-29(12-15-31)33(44)38-24-28-9-8-17-36-23-28)42-34(41-30(7-2)13-10-26(4)43)39-27(5)37-18-20-46-22-21-45-19-16-35/h7-15,17,23,25H,6,16,18-22,24,35H2,1-5H3,(H,38,44)(H2,37,39,40,41,42)/b13-10-,30-7?. The molecule has 0 aliphatic heterocycles. The number of hydrogen-bond donors (Lipinski definition) is 4. The number of amidine groups is 2. The second-order valence-electron chi connectivity index (χ2n) is 10.2. The SMILES string of the molecule is CC=C(/C=C\C(C)=O)NC(=NC(C)=NCCOCCOCCN)N=C(Nc1ccc(C(=O)NCc2cccnc2)cc1)C(C)CC. The number of aromatic nitrogens is 1. The highest BCUT2D eigenvalue weighted by molar-refractivity contribution is 6.07. The predicted molar refractivity (Wildman–Crippen MR) is 185 cm³/mol. The Labute approximate surface area is 272 Å². The number of carbonyl (C=O) groups is 2. The summed E-state index contributed by atoms with van der Waals surface area (Å²) in [6.07, 6.45) is 9.20. The monoisotopic (exact) mass is 632 g/mol. The van der Waals surface area contributed by atoms with E-state index in [1.165, 1.54) is 13.0 Å². The van der Waals surface area contributed by atoms with Crippen molar-refractivity contribution in [3.8, 4) is 0 Å². The van der Waals surface area contributed by atoms with Crippen LogP contribution in [-0.2, 0) is 20.8 Å². The van der Waals surface area contributed by atoms with Crippen LogP contribution in [0, 0.1) is 5.92 Å². The second-order valence-corrected chi connectivity index (χ2v) is 10.2. The first-order chi connectivity index (χ1) is 22.2. The molecule has 0 spiro atoms. The highest BCUT2D eigenvalue weighted by atomic mass is 16.5. The smallest absolute Gasteiger partial charge is 0.251 e. The van der Waals surface area contributed by atoms with E-state index < -0.39 is 0 Å². The summed E-state index contributed by atoms with van der Waals surface area (Å²) in [4.78, 5) is 42.3. The molecule has 0 radical (unpaired) electrons. The van der Waals surface area contributed by atoms with Crippen LogP contribution in [0.25, 0.3) is 0 Å². The summed E-state index contributed by atoms with van der Waals surface area (Å²) in [6, 6.07) is 10.9. The fourth-order valence-electron chi connectivity index (χ4n) is 3.70. The van der Waals surface area contributed by atoms with Crippen molar-refractivity contribution >= 4 is 35.0 Å². The van der Waals surface area contributed by atoms with Crippen molar-refractivity contribution in [2.24, 2.45) is 26.6 Å². The van der Waals surface area contributed by atoms with Gasteiger partial charge in [-0.2, -0.15) is 9.98 Å². The summed E-state index contributed by atoms with van der Waals surface area (Å²) >= 11 is 0. The van der Waals surface area contributed by atoms with Gasteiger partial charge >= 0.3 is 0 Å². The molecule has 5 N–H and O–H groups in total. The molecular weight excluding hydrogens is 584 g/mol. The fraction of sp³-hybridized carbons (Fsp3) is 0.412. The Morgan fingerprint density at radius 3 is 2.39 bits per heavy atom. The van der Waals surface area contributed by atoms with Gasteiger partial charge in [0.2, 0.25) is 5.96 Å². The zero-order chi connectivity index (χ0) is 33.6. The molecule has 248 valence electrons. The Balaban J connectivity index is 2.23. The highest BCUT2D eigenvalue weighted by Gasteiger charge is 2.13. The summed E-state index contributed by atoms with van der Waals surface area (Å²) in [6.45, 7) is 12.4. The molecule has 12 heteroatoms. The van der Waals surface area contributed by atoms with Gasteiger partial charge in [-0.3, -0.25) is 19.6 Å². The van der Waals surface area contributed by atoms with E-state index in [9.17, 15) is 9.59 Å². The summed E-state index contributed by atoms with van der Waals surface area (Å²) in [7, 11) is 0. The molecule has 2 rings (SSSR count). The van der Waals surface area contributed by atoms with Crippen molar-refractivity contribution in [1.29, 1.82) is 0 Å². The van der Waals surface area contributed by atoms with Crippen LogP contribution in [0.3, 0.4) is 0 Å². The average Bonchev–Trinajstić information content (AvgIpc) is 3.06. The Morgan fingerprint density at radius 2 is 1.76 bits per heavy atom. The molecule has 0 aliphatic carbocycles. The second kappa shape index (κ2) is 22.1. The first kappa shape index (κ1) is 37.7. The first-order valence-electron chi connectivity index (χ1n) is 15.5. The van der Waals surface area contributed by atoms with Crippen molar-refractivity contribution < 1.29 is 19.1 Å². The molecule has 0 aliphatic rings. The zero-order valence-electron chi connectivity index (χ0n) is 27.6. The van der Waals surface area contributed by atoms with Crippen LogP contribution in [0.4, 0.5) is 5.69 Å². The van der Waals surface area contributed by atoms with Crippen molar-refractivity contribution in [3.63, 3.8) is 0 Å². The Bertz CT molecular complexity index is 1370. The number of carbonyl (C=O) groups excluding carboxylic acids is 2. The van der Waals surface area contributed by atoms with Crippen molar-refractivity contribution in [2.45, 2.75) is 47.6 Å². The number of ketones is 1. The van der Waals surface area contributed by atoms with Gasteiger partial charge < -0.3 is 31.2 Å². The first-order valence-corrected chi connectivity index (χ1v) is 15.5. The molecule has 1 atom stereocenters. The molecule has 46 heavy (non-hydrogen) atoms. The third-order valence-electron chi connectivity index (χ3n) is 6.44. The lowest BCUT2D eigenvalue weighted by Crippen LogP contribution is -2.28. The lowest BCUT2D eigenvalue weighted by Gasteiger charge is -2.17. The number of nitrogens with one attached hydrogen (secondary N) is 3. The number of anilines is 1. The largest absolute Gasteiger partial charge is 0.378 e. The average molecular weight is 633 g/mol. The number of ether oxygens (including phenoxy) is 2. The normalized spacial score (nSPS) is 13.5. The zero-order valence-corrected chi connectivity index (χ0v) is 27.6. The Kier molecular flexibility index (Phi) is 18.1. The number of nitrogens with zero attached hydrogens (tertiary/aromatic N) is 4. The van der Waals surface area contributed by atoms with E-state index in [0.717, 1.165) is 17.7 Å². The van der Waals surface area contributed by atoms with Crippen molar-refractivity contribution in [1.82, 2.24) is 15.6 Å². The molecule has 1 aromatic heterocycles. The maximum atomic E-state index is 12.7. The minimum Gasteiger partial charge on any atom is -0.378 e. The molecule has 0 fully saturated rings. The van der Waals surface area contributed by atoms with Gasteiger partial charge in [0.25, 0.3) is 5.91 Å². The van der Waals surface area contributed by atoms with Crippen molar-refractivity contribution in [2.75, 3.05) is 44.8 Å². The molecule has 1 aromatic carbocycles. The van der Waals surface area contributed by atoms with Gasteiger partial charge in [0.1, 0.15) is 11.7 Å². The molecule has 0 saturated heterocycles. The number of allylic oxidation sites excluding steroid dienone is 3. The molecule has 1 unspecified atom stereocenters. The van der Waals surface area contributed by atoms with E-state index in [1.54, 1.807) is 37.5 Å². The van der Waals surface area contributed by atoms with E-state index in [-0.39, 0.29) is 17.6 Å². The lowest BCUT2D eigenvalue weighted by molar-refractivity contribution is -0.112. The topological polar surface area (TPSA) is 165 Å². The minimum atomic E-state index is -0.178. The van der Waals surface area contributed by atoms with Gasteiger partial charge in [-0.05, 0) is 75.2 Å². The Hall–Kier alpha value is -4.52. The van der Waals surface area contributed by atoms with Crippen LogP contribution < -0.4 is 21.7 Å². The lowest BCUT2D eigenvalue weighted by atomic mass is 10.1. The van der Waals surface area contributed by atoms with E-state index >= 15 is 0 Å². The van der Waals surface area contributed by atoms with E-state index in [0.29, 0.717) is 75.0 Å². The van der Waals surface area contributed by atoms with Crippen molar-refractivity contribution in [3.05, 3.63) is 83.8 Å². The highest BCUT2D eigenvalue weighted by Crippen LogP contribution is 2.14. The van der Waals surface area contributed by atoms with Gasteiger partial charge in [0, 0.05) is 48.3 Å². The summed E-state index contributed by atoms with van der Waals surface area (Å²) in [5.41, 5.74) is 8.29. The van der Waals surface area contributed by atoms with Crippen LogP contribution >= 0.6 is 0 Å². The van der Waals surface area contributed by atoms with Crippen LogP contribution in [0.15, 0.2) is 87.7 Å². The maximum Gasteiger partial charge on any atom is 0.251 e. The molecule has 0 bridgehead atoms. The number of pyridine rings is 1. The van der Waals surface area contributed by atoms with Crippen LogP contribution in [0.2, 0.25) is 0 Å². The van der Waals surface area contributed by atoms with Gasteiger partial charge in [0.15, 0.2) is 5.78 Å². The van der Waals surface area contributed by atoms with E-state index in [1.807, 2.05) is 37.3 Å². The quantitative estimate of drug-likeness (QED) is 0.0660. The van der Waals surface area contributed by atoms with Crippen LogP contribution in [-0.4, -0.2) is 73.8 Å². The third kappa shape index (κ3) is 15.5. The maximum absolute atomic E-state index is 12.7. The molecule has 1 heterocycles. The van der Waals surface area contributed by atoms with Gasteiger partial charge in [0.05, 0.1) is 33.0 Å². The minimum absolute atomic E-state index is 0.0448. The molecule has 2 aromatic rings. The number of amides is 1. The number of benzene rings is 1. The number of aliphatic imine (C=N–C) groups is 3. The number of hydrogen-bond acceptors (Lipinski definition) is 7. The molecule has 1 amide bonds. The molecule has 0 saturated carbocycles. The predicted octanol–water partition coefficient (Wildman–Crippen LogP) is 4.27. The summed E-state index contributed by atoms with van der Waals surface area (Å²) in [5.74, 6) is 1.26. The van der Waals surface area contributed by atoms with Crippen LogP contribution in [0.5, 0.6) is 0 Å². The van der Waals surface area contributed by atoms with Gasteiger partial charge in [-0.25, -0.2) is 0 Å². The third-order valence-corrected chi connectivity index (χ3v) is 6.44. The van der Waals surface area contributed by atoms with E-state index in [2.05, 4.69) is 44.8 Å². The van der Waals surface area contributed by atoms with Gasteiger partial charge in [-0.15, -0.1) is 0 Å². The van der Waals surface area contributed by atoms with E-state index in [4.69, 9.17) is 20.2 Å². The molecule has 12 nitrogen and oxygen atoms in total. The summed E-state index contributed by atoms with van der Waals surface area (Å²) < 4.78 is 10.9. The van der Waals surface area contributed by atoms with Crippen LogP contribution in [0.1, 0.15) is 57.0 Å². The number of rotatable bonds is 17. The summed E-state index contributed by atoms with van der Waals surface area (Å²) in [5, 5.41) is 9.53. The Morgan fingerprint density at radius 1 is 1.02 bits per heavy atom.